The summed E-state index contributed by atoms with van der Waals surface area (Å²) in [6.45, 7) is 3.91. The largest absolute Gasteiger partial charge is 0.492 e. The number of fused-ring (bicyclic) bond motifs is 1. The van der Waals surface area contributed by atoms with Gasteiger partial charge in [-0.15, -0.1) is 10.2 Å². The molecule has 2 aliphatic rings. The molecule has 19 nitrogen and oxygen atoms in total. The molecule has 0 radical (unpaired) electrons. The van der Waals surface area contributed by atoms with Crippen molar-refractivity contribution < 1.29 is 46.2 Å². The van der Waals surface area contributed by atoms with Gasteiger partial charge in [-0.25, -0.2) is 18.2 Å². The highest BCUT2D eigenvalue weighted by atomic mass is 32.2. The number of benzene rings is 1. The molecule has 3 aromatic heterocycles. The number of tetrazole rings is 1. The van der Waals surface area contributed by atoms with E-state index in [1.165, 1.54) is 32.7 Å². The Morgan fingerprint density at radius 1 is 1.16 bits per heavy atom. The number of halogens is 3. The lowest BCUT2D eigenvalue weighted by Gasteiger charge is -2.21. The Morgan fingerprint density at radius 3 is 2.55 bits per heavy atom. The summed E-state index contributed by atoms with van der Waals surface area (Å²) in [5.41, 5.74) is 1.34. The Kier molecular flexibility index (Phi) is 10.1. The lowest BCUT2D eigenvalue weighted by atomic mass is 10.1. The first-order valence-corrected chi connectivity index (χ1v) is 17.2. The predicted octanol–water partition coefficient (Wildman–Crippen LogP) is -0.0817. The third kappa shape index (κ3) is 7.57. The van der Waals surface area contributed by atoms with Crippen molar-refractivity contribution in [2.75, 3.05) is 43.9 Å². The van der Waals surface area contributed by atoms with E-state index in [1.54, 1.807) is 0 Å². The highest BCUT2D eigenvalue weighted by Crippen LogP contribution is 2.39. The number of anilines is 2. The normalized spacial score (nSPS) is 22.7. The maximum Gasteiger partial charge on any atom is 0.492 e. The van der Waals surface area contributed by atoms with Crippen LogP contribution in [0.1, 0.15) is 37.1 Å². The minimum atomic E-state index is -5.37. The number of imidazole rings is 1. The monoisotopic (exact) mass is 740 g/mol. The molecule has 0 saturated carbocycles. The van der Waals surface area contributed by atoms with Crippen molar-refractivity contribution in [1.82, 2.24) is 49.5 Å². The average molecular weight is 741 g/mol. The summed E-state index contributed by atoms with van der Waals surface area (Å²) in [6, 6.07) is 5.49. The van der Waals surface area contributed by atoms with E-state index < -0.39 is 51.6 Å². The maximum absolute atomic E-state index is 12.4. The van der Waals surface area contributed by atoms with Gasteiger partial charge in [-0.1, -0.05) is 12.1 Å². The van der Waals surface area contributed by atoms with Crippen LogP contribution in [0.5, 0.6) is 0 Å². The van der Waals surface area contributed by atoms with Gasteiger partial charge < -0.3 is 34.9 Å². The Bertz CT molecular complexity index is 1980. The lowest BCUT2D eigenvalue weighted by Crippen LogP contribution is -2.34. The zero-order valence-electron chi connectivity index (χ0n) is 27.5. The van der Waals surface area contributed by atoms with E-state index in [-0.39, 0.29) is 18.4 Å². The predicted molar refractivity (Wildman–Crippen MR) is 169 cm³/mol. The van der Waals surface area contributed by atoms with Crippen molar-refractivity contribution in [2.45, 2.75) is 68.0 Å². The van der Waals surface area contributed by atoms with Gasteiger partial charge in [-0.2, -0.15) is 27.9 Å². The van der Waals surface area contributed by atoms with Crippen LogP contribution in [0.3, 0.4) is 0 Å². The number of aryl methyl sites for hydroxylation is 1. The van der Waals surface area contributed by atoms with E-state index >= 15 is 0 Å². The summed E-state index contributed by atoms with van der Waals surface area (Å²) in [7, 11) is -0.581. The summed E-state index contributed by atoms with van der Waals surface area (Å²) >= 11 is 0. The molecule has 0 spiro atoms. The fourth-order valence-electron chi connectivity index (χ4n) is 5.67. The minimum Gasteiger partial charge on any atom is -0.387 e. The fraction of sp³-hybridized carbons (Fsp3) is 0.536. The SMILES string of the molecule is CCn1nnc([C@H]2O[C@@H](n3cnc4c(NCCc5ccc(S(=O)(=O)NOC(=O)C(F)(F)F)cc5)nc(N5CC[C@@H](N(C)C)C5)nc43)[C@@H](O)[C@@H]2O)n1. The van der Waals surface area contributed by atoms with Gasteiger partial charge in [0.15, 0.2) is 29.3 Å². The van der Waals surface area contributed by atoms with Crippen LogP contribution in [0.2, 0.25) is 0 Å². The quantitative estimate of drug-likeness (QED) is 0.139. The topological polar surface area (TPSA) is 228 Å². The molecular weight excluding hydrogens is 705 g/mol. The molecule has 4 N–H and O–H groups in total. The van der Waals surface area contributed by atoms with E-state index in [1.807, 2.05) is 25.9 Å². The molecule has 2 aliphatic heterocycles. The number of nitrogens with zero attached hydrogens (tertiary/aromatic N) is 10. The van der Waals surface area contributed by atoms with Crippen LogP contribution in [0.15, 0.2) is 35.5 Å². The van der Waals surface area contributed by atoms with Gasteiger partial charge in [0, 0.05) is 25.7 Å². The van der Waals surface area contributed by atoms with Crippen LogP contribution in [-0.4, -0.2) is 127 Å². The number of aliphatic hydroxyl groups is 2. The molecule has 0 aliphatic carbocycles. The Balaban J connectivity index is 1.21. The van der Waals surface area contributed by atoms with Crippen molar-refractivity contribution in [2.24, 2.45) is 0 Å². The number of aromatic nitrogens is 8. The van der Waals surface area contributed by atoms with E-state index in [2.05, 4.69) is 35.4 Å². The Morgan fingerprint density at radius 2 is 1.90 bits per heavy atom. The second kappa shape index (κ2) is 14.2. The molecule has 5 heterocycles. The number of alkyl halides is 3. The molecule has 0 unspecified atom stereocenters. The van der Waals surface area contributed by atoms with Crippen molar-refractivity contribution in [3.63, 3.8) is 0 Å². The summed E-state index contributed by atoms with van der Waals surface area (Å²) in [4.78, 5) is 34.9. The summed E-state index contributed by atoms with van der Waals surface area (Å²) in [5, 5.41) is 37.3. The van der Waals surface area contributed by atoms with Gasteiger partial charge in [0.2, 0.25) is 11.8 Å². The van der Waals surface area contributed by atoms with Crippen molar-refractivity contribution in [3.8, 4) is 0 Å². The molecule has 2 saturated heterocycles. The number of sulfonamides is 1. The Labute approximate surface area is 288 Å². The van der Waals surface area contributed by atoms with E-state index in [0.29, 0.717) is 54.5 Å². The molecule has 276 valence electrons. The van der Waals surface area contributed by atoms with Crippen molar-refractivity contribution >= 4 is 38.9 Å². The zero-order chi connectivity index (χ0) is 36.7. The van der Waals surface area contributed by atoms with E-state index in [4.69, 9.17) is 14.7 Å². The molecule has 0 bridgehead atoms. The minimum absolute atomic E-state index is 0.117. The molecule has 23 heteroatoms. The molecule has 1 aromatic carbocycles. The zero-order valence-corrected chi connectivity index (χ0v) is 28.3. The highest BCUT2D eigenvalue weighted by molar-refractivity contribution is 7.89. The third-order valence-corrected chi connectivity index (χ3v) is 9.72. The molecule has 51 heavy (non-hydrogen) atoms. The third-order valence-electron chi connectivity index (χ3n) is 8.52. The lowest BCUT2D eigenvalue weighted by molar-refractivity contribution is -0.203. The van der Waals surface area contributed by atoms with E-state index in [9.17, 15) is 36.6 Å². The highest BCUT2D eigenvalue weighted by Gasteiger charge is 2.47. The number of nitrogens with one attached hydrogen (secondary N) is 2. The maximum atomic E-state index is 12.4. The summed E-state index contributed by atoms with van der Waals surface area (Å²) in [6.07, 6.45) is -7.63. The van der Waals surface area contributed by atoms with Crippen molar-refractivity contribution in [3.05, 3.63) is 42.0 Å². The Hall–Kier alpha value is -4.55. The van der Waals surface area contributed by atoms with E-state index in [0.717, 1.165) is 18.6 Å². The first-order valence-electron chi connectivity index (χ1n) is 15.7. The van der Waals surface area contributed by atoms with Crippen LogP contribution in [0.25, 0.3) is 11.2 Å². The molecule has 6 rings (SSSR count). The number of carbonyl (C=O) groups is 1. The van der Waals surface area contributed by atoms with Gasteiger partial charge in [-0.05, 0) is 61.7 Å². The first kappa shape index (κ1) is 36.2. The van der Waals surface area contributed by atoms with Crippen LogP contribution >= 0.6 is 0 Å². The van der Waals surface area contributed by atoms with Crippen LogP contribution in [0.4, 0.5) is 24.9 Å². The van der Waals surface area contributed by atoms with Gasteiger partial charge in [0.05, 0.1) is 17.8 Å². The number of aliphatic hydroxyl groups excluding tert-OH is 2. The molecule has 2 fully saturated rings. The molecule has 4 aromatic rings. The molecule has 0 amide bonds. The summed E-state index contributed by atoms with van der Waals surface area (Å²) < 4.78 is 69.3. The second-order valence-corrected chi connectivity index (χ2v) is 13.8. The molecular formula is C28H35F3N12O7S. The second-order valence-electron chi connectivity index (χ2n) is 12.1. The van der Waals surface area contributed by atoms with Crippen LogP contribution < -0.4 is 15.1 Å². The number of hydrogen-bond acceptors (Lipinski definition) is 16. The number of ether oxygens (including phenoxy) is 1. The average Bonchev–Trinajstić information content (AvgIpc) is 3.90. The smallest absolute Gasteiger partial charge is 0.387 e. The van der Waals surface area contributed by atoms with Gasteiger partial charge in [0.25, 0.3) is 10.0 Å². The fourth-order valence-corrected chi connectivity index (χ4v) is 6.44. The van der Waals surface area contributed by atoms with Gasteiger partial charge >= 0.3 is 12.1 Å². The van der Waals surface area contributed by atoms with Gasteiger partial charge in [-0.3, -0.25) is 4.57 Å². The molecule has 5 atom stereocenters. The number of hydrogen-bond donors (Lipinski definition) is 4. The van der Waals surface area contributed by atoms with Crippen LogP contribution in [0, 0.1) is 0 Å². The summed E-state index contributed by atoms with van der Waals surface area (Å²) in [5.74, 6) is -1.81. The van der Waals surface area contributed by atoms with Crippen LogP contribution in [-0.2, 0) is 37.4 Å². The number of likely N-dealkylation sites (N-methyl/N-ethyl adjacent to an activating group) is 1. The number of rotatable bonds is 12. The van der Waals surface area contributed by atoms with Gasteiger partial charge in [0.1, 0.15) is 12.2 Å². The standard InChI is InChI=1S/C28H35F3N12O7S/c1-4-43-37-23(36-38-43)21-19(44)20(45)25(49-21)42-14-33-18-22(34-27(35-24(18)42)41-12-10-16(13-41)40(2)3)32-11-9-15-5-7-17(8-6-15)51(47,48)39-50-26(46)28(29,30)31/h5-8,14,16,19-21,25,39,44-45H,4,9-13H2,1-3H3,(H,32,34,35)/t16-,19+,20+,21+,25-/m1/s1. The first-order chi connectivity index (χ1) is 24.2. The number of carbonyl (C=O) groups excluding carboxylic acids is 1. The van der Waals surface area contributed by atoms with Crippen molar-refractivity contribution in [1.29, 1.82) is 0 Å².